The minimum Gasteiger partial charge on any atom is -0.215 e. The predicted octanol–water partition coefficient (Wildman–Crippen LogP) is 2.35. The third-order valence-electron chi connectivity index (χ3n) is 3.41. The third kappa shape index (κ3) is 3.35. The number of nitrogens with zero attached hydrogens (tertiary/aromatic N) is 3. The summed E-state index contributed by atoms with van der Waals surface area (Å²) in [6, 6.07) is 16.4. The first-order valence-electron chi connectivity index (χ1n) is 6.95. The number of rotatable bonds is 4. The summed E-state index contributed by atoms with van der Waals surface area (Å²) in [6.07, 6.45) is 1.56. The van der Waals surface area contributed by atoms with Gasteiger partial charge in [-0.15, -0.1) is 9.36 Å². The largest absolute Gasteiger partial charge is 0.285 e. The van der Waals surface area contributed by atoms with Crippen molar-refractivity contribution in [3.63, 3.8) is 0 Å². The van der Waals surface area contributed by atoms with E-state index in [0.717, 1.165) is 10.0 Å². The molecule has 0 amide bonds. The second-order valence-electron chi connectivity index (χ2n) is 5.12. The average molecular weight is 393 g/mol. The molecule has 0 radical (unpaired) electrons. The minimum atomic E-state index is -3.60. The van der Waals surface area contributed by atoms with Crippen molar-refractivity contribution in [2.75, 3.05) is 0 Å². The van der Waals surface area contributed by atoms with Crippen LogP contribution in [0.4, 0.5) is 0 Å². The van der Waals surface area contributed by atoms with Crippen LogP contribution in [0.3, 0.4) is 0 Å². The molecule has 0 spiro atoms. The number of benzene rings is 2. The van der Waals surface area contributed by atoms with Crippen LogP contribution < -0.4 is 4.68 Å². The summed E-state index contributed by atoms with van der Waals surface area (Å²) in [7, 11) is -1.97. The van der Waals surface area contributed by atoms with Crippen LogP contribution in [-0.2, 0) is 23.4 Å². The van der Waals surface area contributed by atoms with E-state index in [1.807, 2.05) is 30.3 Å². The smallest absolute Gasteiger partial charge is 0.215 e. The summed E-state index contributed by atoms with van der Waals surface area (Å²) in [4.78, 5) is 0.246. The van der Waals surface area contributed by atoms with Gasteiger partial charge in [0, 0.05) is 4.47 Å². The molecule has 0 atom stereocenters. The zero-order chi connectivity index (χ0) is 16.4. The second-order valence-corrected chi connectivity index (χ2v) is 7.93. The highest BCUT2D eigenvalue weighted by atomic mass is 79.9. The van der Waals surface area contributed by atoms with E-state index >= 15 is 0 Å². The Bertz CT molecular complexity index is 920. The normalized spacial score (nSPS) is 11.6. The molecule has 23 heavy (non-hydrogen) atoms. The topological polar surface area (TPSA) is 55.8 Å². The number of sulfone groups is 1. The lowest BCUT2D eigenvalue weighted by atomic mass is 10.2. The number of aromatic nitrogens is 3. The van der Waals surface area contributed by atoms with Crippen molar-refractivity contribution in [1.29, 1.82) is 0 Å². The van der Waals surface area contributed by atoms with Crippen molar-refractivity contribution in [2.45, 2.75) is 16.5 Å². The van der Waals surface area contributed by atoms with Gasteiger partial charge < -0.3 is 0 Å². The molecular weight excluding hydrogens is 378 g/mol. The quantitative estimate of drug-likeness (QED) is 0.640. The summed E-state index contributed by atoms with van der Waals surface area (Å²) in [6.45, 7) is 0.518. The first-order valence-corrected chi connectivity index (χ1v) is 9.23. The van der Waals surface area contributed by atoms with Gasteiger partial charge in [-0.1, -0.05) is 46.3 Å². The van der Waals surface area contributed by atoms with Crippen LogP contribution >= 0.6 is 15.9 Å². The Hall–Kier alpha value is -1.99. The third-order valence-corrected chi connectivity index (χ3v) is 5.76. The molecular formula is C16H15BrN3O2S+. The van der Waals surface area contributed by atoms with Gasteiger partial charge in [-0.05, 0) is 29.8 Å². The number of hydrogen-bond acceptors (Lipinski definition) is 3. The fourth-order valence-corrected chi connectivity index (χ4v) is 3.92. The number of hydrogen-bond donors (Lipinski definition) is 0. The van der Waals surface area contributed by atoms with E-state index in [0.29, 0.717) is 6.54 Å². The van der Waals surface area contributed by atoms with Crippen LogP contribution in [0.5, 0.6) is 0 Å². The maximum Gasteiger partial charge on any atom is 0.285 e. The van der Waals surface area contributed by atoms with Crippen LogP contribution in [0, 0.1) is 0 Å². The molecule has 3 rings (SSSR count). The van der Waals surface area contributed by atoms with Crippen molar-refractivity contribution in [2.24, 2.45) is 7.05 Å². The van der Waals surface area contributed by atoms with E-state index in [4.69, 9.17) is 0 Å². The van der Waals surface area contributed by atoms with Gasteiger partial charge in [-0.3, -0.25) is 0 Å². The van der Waals surface area contributed by atoms with Gasteiger partial charge in [-0.25, -0.2) is 8.42 Å². The summed E-state index contributed by atoms with van der Waals surface area (Å²) < 4.78 is 29.3. The fourth-order valence-electron chi connectivity index (χ4n) is 2.28. The van der Waals surface area contributed by atoms with Crippen LogP contribution in [0.2, 0.25) is 0 Å². The van der Waals surface area contributed by atoms with Crippen LogP contribution in [-0.4, -0.2) is 18.3 Å². The minimum absolute atomic E-state index is 0.163. The molecule has 0 saturated heterocycles. The molecule has 0 N–H and O–H groups in total. The Morgan fingerprint density at radius 2 is 1.74 bits per heavy atom. The molecule has 1 aromatic heterocycles. The zero-order valence-corrected chi connectivity index (χ0v) is 14.8. The standard InChI is InChI=1S/C16H15BrN3O2S/c1-19-16(23(21,22)15-9-7-14(17)8-10-15)12-20(18-19)11-13-5-3-2-4-6-13/h2-10,12H,11H2,1H3/q+1. The highest BCUT2D eigenvalue weighted by Gasteiger charge is 2.28. The highest BCUT2D eigenvalue weighted by Crippen LogP contribution is 2.21. The molecule has 0 aliphatic rings. The Morgan fingerprint density at radius 3 is 2.39 bits per heavy atom. The fraction of sp³-hybridized carbons (Fsp3) is 0.125. The number of aryl methyl sites for hydroxylation is 1. The lowest BCUT2D eigenvalue weighted by Crippen LogP contribution is -2.36. The average Bonchev–Trinajstić information content (AvgIpc) is 2.90. The van der Waals surface area contributed by atoms with E-state index in [1.54, 1.807) is 42.2 Å². The molecule has 0 fully saturated rings. The Balaban J connectivity index is 1.95. The molecule has 5 nitrogen and oxygen atoms in total. The molecule has 0 bridgehead atoms. The van der Waals surface area contributed by atoms with Crippen LogP contribution in [0.15, 0.2) is 75.2 Å². The summed E-state index contributed by atoms with van der Waals surface area (Å²) in [5.74, 6) is 0. The van der Waals surface area contributed by atoms with Crippen molar-refractivity contribution < 1.29 is 13.1 Å². The van der Waals surface area contributed by atoms with Crippen molar-refractivity contribution in [3.05, 3.63) is 70.8 Å². The maximum atomic E-state index is 12.7. The summed E-state index contributed by atoms with van der Waals surface area (Å²) in [5.41, 5.74) is 1.06. The second kappa shape index (κ2) is 6.25. The molecule has 0 saturated carbocycles. The predicted molar refractivity (Wildman–Crippen MR) is 88.5 cm³/mol. The molecule has 3 aromatic rings. The Kier molecular flexibility index (Phi) is 4.32. The summed E-state index contributed by atoms with van der Waals surface area (Å²) >= 11 is 3.31. The van der Waals surface area contributed by atoms with Crippen molar-refractivity contribution >= 4 is 25.8 Å². The molecule has 1 heterocycles. The summed E-state index contributed by atoms with van der Waals surface area (Å²) in [5, 5.41) is 4.42. The molecule has 0 aliphatic heterocycles. The Morgan fingerprint density at radius 1 is 1.09 bits per heavy atom. The molecule has 2 aromatic carbocycles. The van der Waals surface area contributed by atoms with Gasteiger partial charge in [0.2, 0.25) is 9.84 Å². The lowest BCUT2D eigenvalue weighted by molar-refractivity contribution is -0.747. The van der Waals surface area contributed by atoms with Gasteiger partial charge >= 0.3 is 0 Å². The maximum absolute atomic E-state index is 12.7. The van der Waals surface area contributed by atoms with E-state index < -0.39 is 9.84 Å². The van der Waals surface area contributed by atoms with E-state index in [9.17, 15) is 8.42 Å². The zero-order valence-electron chi connectivity index (χ0n) is 12.4. The molecule has 0 unspecified atom stereocenters. The van der Waals surface area contributed by atoms with E-state index in [1.165, 1.54) is 4.68 Å². The molecule has 7 heteroatoms. The lowest BCUT2D eigenvalue weighted by Gasteiger charge is -1.99. The Labute approximate surface area is 143 Å². The SMILES string of the molecule is Cn1n[n+](Cc2ccccc2)cc1S(=O)(=O)c1ccc(Br)cc1. The van der Waals surface area contributed by atoms with Crippen molar-refractivity contribution in [1.82, 2.24) is 9.90 Å². The van der Waals surface area contributed by atoms with E-state index in [2.05, 4.69) is 21.1 Å². The first kappa shape index (κ1) is 15.9. The van der Waals surface area contributed by atoms with Gasteiger partial charge in [0.05, 0.1) is 10.1 Å². The highest BCUT2D eigenvalue weighted by molar-refractivity contribution is 9.10. The molecule has 118 valence electrons. The van der Waals surface area contributed by atoms with Gasteiger partial charge in [0.25, 0.3) is 5.03 Å². The van der Waals surface area contributed by atoms with Crippen LogP contribution in [0.25, 0.3) is 0 Å². The molecule has 0 aliphatic carbocycles. The monoisotopic (exact) mass is 392 g/mol. The van der Waals surface area contributed by atoms with Gasteiger partial charge in [0.15, 0.2) is 6.20 Å². The van der Waals surface area contributed by atoms with Gasteiger partial charge in [0.1, 0.15) is 13.6 Å². The van der Waals surface area contributed by atoms with E-state index in [-0.39, 0.29) is 9.92 Å². The number of halogens is 1. The first-order chi connectivity index (χ1) is 11.0. The van der Waals surface area contributed by atoms with Gasteiger partial charge in [-0.2, -0.15) is 0 Å². The van der Waals surface area contributed by atoms with Crippen LogP contribution in [0.1, 0.15) is 5.56 Å². The van der Waals surface area contributed by atoms with Crippen molar-refractivity contribution in [3.8, 4) is 0 Å².